The number of ether oxygens (including phenoxy) is 1. The van der Waals surface area contributed by atoms with Gasteiger partial charge in [-0.3, -0.25) is 4.79 Å². The summed E-state index contributed by atoms with van der Waals surface area (Å²) in [5.74, 6) is 1.02. The minimum Gasteiger partial charge on any atom is -0.484 e. The topological polar surface area (TPSA) is 38.3 Å². The third kappa shape index (κ3) is 4.46. The highest BCUT2D eigenvalue weighted by atomic mass is 16.5. The zero-order valence-corrected chi connectivity index (χ0v) is 16.0. The van der Waals surface area contributed by atoms with Crippen molar-refractivity contribution in [1.82, 2.24) is 5.32 Å². The molecule has 0 aliphatic heterocycles. The van der Waals surface area contributed by atoms with Crippen LogP contribution in [0.2, 0.25) is 0 Å². The molecule has 0 heterocycles. The molecule has 1 atom stereocenters. The average Bonchev–Trinajstić information content (AvgIpc) is 3.12. The van der Waals surface area contributed by atoms with Gasteiger partial charge in [0.1, 0.15) is 5.75 Å². The van der Waals surface area contributed by atoms with E-state index < -0.39 is 0 Å². The maximum absolute atomic E-state index is 12.4. The number of hydrogen-bond acceptors (Lipinski definition) is 2. The molecule has 1 unspecified atom stereocenters. The van der Waals surface area contributed by atoms with Crippen molar-refractivity contribution < 1.29 is 9.53 Å². The van der Waals surface area contributed by atoms with Gasteiger partial charge in [0.25, 0.3) is 5.91 Å². The first-order valence-electron chi connectivity index (χ1n) is 9.69. The quantitative estimate of drug-likeness (QED) is 0.790. The summed E-state index contributed by atoms with van der Waals surface area (Å²) in [5.41, 5.74) is 5.22. The summed E-state index contributed by atoms with van der Waals surface area (Å²) in [6, 6.07) is 14.7. The van der Waals surface area contributed by atoms with Gasteiger partial charge in [0.2, 0.25) is 0 Å². The third-order valence-electron chi connectivity index (χ3n) is 5.17. The smallest absolute Gasteiger partial charge is 0.258 e. The minimum absolute atomic E-state index is 0.00275. The fourth-order valence-corrected chi connectivity index (χ4v) is 3.60. The Kier molecular flexibility index (Phi) is 5.97. The van der Waals surface area contributed by atoms with E-state index in [1.54, 1.807) is 0 Å². The maximum atomic E-state index is 12.4. The molecule has 1 aliphatic rings. The van der Waals surface area contributed by atoms with Crippen LogP contribution < -0.4 is 10.1 Å². The SMILES string of the molecule is CCc1ccc(C(NC(=O)COc2ccc3c(c2)CCC3)C(C)C)cc1. The van der Waals surface area contributed by atoms with Crippen molar-refractivity contribution in [2.24, 2.45) is 5.92 Å². The molecule has 138 valence electrons. The largest absolute Gasteiger partial charge is 0.484 e. The van der Waals surface area contributed by atoms with Gasteiger partial charge in [-0.05, 0) is 66.0 Å². The van der Waals surface area contributed by atoms with Crippen LogP contribution in [0.3, 0.4) is 0 Å². The van der Waals surface area contributed by atoms with E-state index >= 15 is 0 Å². The number of benzene rings is 2. The molecule has 2 aromatic carbocycles. The average molecular weight is 351 g/mol. The van der Waals surface area contributed by atoms with Crippen molar-refractivity contribution in [1.29, 1.82) is 0 Å². The van der Waals surface area contributed by atoms with E-state index in [1.807, 2.05) is 6.07 Å². The number of carbonyl (C=O) groups excluding carboxylic acids is 1. The summed E-state index contributed by atoms with van der Waals surface area (Å²) in [4.78, 5) is 12.4. The standard InChI is InChI=1S/C23H29NO2/c1-4-17-8-10-19(11-9-17)23(16(2)3)24-22(25)15-26-21-13-12-18-6-5-7-20(18)14-21/h8-14,16,23H,4-7,15H2,1-3H3,(H,24,25). The molecule has 0 radical (unpaired) electrons. The zero-order valence-electron chi connectivity index (χ0n) is 16.0. The molecule has 2 aromatic rings. The minimum atomic E-state index is -0.0798. The van der Waals surface area contributed by atoms with Gasteiger partial charge in [0, 0.05) is 0 Å². The van der Waals surface area contributed by atoms with Gasteiger partial charge < -0.3 is 10.1 Å². The molecule has 0 bridgehead atoms. The Morgan fingerprint density at radius 3 is 2.50 bits per heavy atom. The molecule has 3 rings (SSSR count). The molecular weight excluding hydrogens is 322 g/mol. The summed E-state index contributed by atoms with van der Waals surface area (Å²) in [5, 5.41) is 3.13. The first-order chi connectivity index (χ1) is 12.6. The summed E-state index contributed by atoms with van der Waals surface area (Å²) >= 11 is 0. The van der Waals surface area contributed by atoms with Gasteiger partial charge in [0.05, 0.1) is 6.04 Å². The Hall–Kier alpha value is -2.29. The molecule has 0 fully saturated rings. The van der Waals surface area contributed by atoms with Crippen molar-refractivity contribution >= 4 is 5.91 Å². The van der Waals surface area contributed by atoms with Crippen LogP contribution in [0.15, 0.2) is 42.5 Å². The first-order valence-corrected chi connectivity index (χ1v) is 9.69. The van der Waals surface area contributed by atoms with Crippen LogP contribution in [0.25, 0.3) is 0 Å². The molecule has 26 heavy (non-hydrogen) atoms. The Morgan fingerprint density at radius 1 is 1.08 bits per heavy atom. The first kappa shape index (κ1) is 18.5. The maximum Gasteiger partial charge on any atom is 0.258 e. The van der Waals surface area contributed by atoms with Crippen molar-refractivity contribution in [3.05, 3.63) is 64.7 Å². The monoisotopic (exact) mass is 351 g/mol. The second-order valence-electron chi connectivity index (χ2n) is 7.46. The predicted molar refractivity (Wildman–Crippen MR) is 106 cm³/mol. The van der Waals surface area contributed by atoms with E-state index in [-0.39, 0.29) is 18.6 Å². The van der Waals surface area contributed by atoms with Crippen LogP contribution >= 0.6 is 0 Å². The van der Waals surface area contributed by atoms with Gasteiger partial charge in [-0.25, -0.2) is 0 Å². The lowest BCUT2D eigenvalue weighted by Crippen LogP contribution is -2.35. The van der Waals surface area contributed by atoms with Crippen LogP contribution in [-0.2, 0) is 24.1 Å². The summed E-state index contributed by atoms with van der Waals surface area (Å²) in [6.07, 6.45) is 4.50. The van der Waals surface area contributed by atoms with Gasteiger partial charge in [0.15, 0.2) is 6.61 Å². The van der Waals surface area contributed by atoms with E-state index in [0.29, 0.717) is 5.92 Å². The molecule has 0 aromatic heterocycles. The Balaban J connectivity index is 1.59. The molecule has 1 amide bonds. The van der Waals surface area contributed by atoms with Gasteiger partial charge in [-0.15, -0.1) is 0 Å². The second-order valence-corrected chi connectivity index (χ2v) is 7.46. The zero-order chi connectivity index (χ0) is 18.5. The summed E-state index contributed by atoms with van der Waals surface area (Å²) < 4.78 is 5.73. The van der Waals surface area contributed by atoms with Crippen molar-refractivity contribution in [3.8, 4) is 5.75 Å². The van der Waals surface area contributed by atoms with Crippen molar-refractivity contribution in [3.63, 3.8) is 0 Å². The molecule has 3 nitrogen and oxygen atoms in total. The molecule has 0 spiro atoms. The highest BCUT2D eigenvalue weighted by Gasteiger charge is 2.19. The molecule has 3 heteroatoms. The van der Waals surface area contributed by atoms with Crippen LogP contribution in [0.4, 0.5) is 0 Å². The fourth-order valence-electron chi connectivity index (χ4n) is 3.60. The predicted octanol–water partition coefficient (Wildman–Crippen LogP) is 4.63. The summed E-state index contributed by atoms with van der Waals surface area (Å²) in [6.45, 7) is 6.45. The molecule has 0 saturated carbocycles. The number of hydrogen-bond donors (Lipinski definition) is 1. The van der Waals surface area contributed by atoms with E-state index in [0.717, 1.165) is 30.6 Å². The molecule has 1 N–H and O–H groups in total. The van der Waals surface area contributed by atoms with Gasteiger partial charge >= 0.3 is 0 Å². The molecular formula is C23H29NO2. The second kappa shape index (κ2) is 8.39. The fraction of sp³-hybridized carbons (Fsp3) is 0.435. The molecule has 0 saturated heterocycles. The van der Waals surface area contributed by atoms with Gasteiger partial charge in [-0.1, -0.05) is 51.1 Å². The number of rotatable bonds is 7. The Labute approximate surface area is 156 Å². The van der Waals surface area contributed by atoms with Gasteiger partial charge in [-0.2, -0.15) is 0 Å². The number of amides is 1. The Morgan fingerprint density at radius 2 is 1.81 bits per heavy atom. The van der Waals surface area contributed by atoms with Crippen LogP contribution in [0, 0.1) is 5.92 Å². The number of fused-ring (bicyclic) bond motifs is 1. The van der Waals surface area contributed by atoms with E-state index in [4.69, 9.17) is 4.74 Å². The lowest BCUT2D eigenvalue weighted by Gasteiger charge is -2.23. The van der Waals surface area contributed by atoms with Crippen LogP contribution in [0.5, 0.6) is 5.75 Å². The number of nitrogens with one attached hydrogen (secondary N) is 1. The van der Waals surface area contributed by atoms with E-state index in [2.05, 4.69) is 62.5 Å². The van der Waals surface area contributed by atoms with E-state index in [9.17, 15) is 4.79 Å². The van der Waals surface area contributed by atoms with Crippen LogP contribution in [0.1, 0.15) is 55.5 Å². The molecule has 1 aliphatic carbocycles. The third-order valence-corrected chi connectivity index (χ3v) is 5.17. The highest BCUT2D eigenvalue weighted by molar-refractivity contribution is 5.78. The lowest BCUT2D eigenvalue weighted by molar-refractivity contribution is -0.124. The summed E-state index contributed by atoms with van der Waals surface area (Å²) in [7, 11) is 0. The number of aryl methyl sites for hydroxylation is 3. The highest BCUT2D eigenvalue weighted by Crippen LogP contribution is 2.26. The normalized spacial score (nSPS) is 14.2. The van der Waals surface area contributed by atoms with Crippen LogP contribution in [-0.4, -0.2) is 12.5 Å². The van der Waals surface area contributed by atoms with E-state index in [1.165, 1.54) is 23.1 Å². The van der Waals surface area contributed by atoms with Crippen molar-refractivity contribution in [2.45, 2.75) is 52.5 Å². The van der Waals surface area contributed by atoms with Crippen molar-refractivity contribution in [2.75, 3.05) is 6.61 Å². The lowest BCUT2D eigenvalue weighted by atomic mass is 9.95. The number of carbonyl (C=O) groups is 1. The Bertz CT molecular complexity index is 749.